The highest BCUT2D eigenvalue weighted by Gasteiger charge is 2.12. The van der Waals surface area contributed by atoms with Crippen LogP contribution in [0.4, 0.5) is 4.39 Å². The van der Waals surface area contributed by atoms with E-state index < -0.39 is 5.82 Å². The monoisotopic (exact) mass is 364 g/mol. The normalized spacial score (nSPS) is 11.4. The van der Waals surface area contributed by atoms with Gasteiger partial charge in [0.1, 0.15) is 12.4 Å². The van der Waals surface area contributed by atoms with Crippen LogP contribution in [-0.2, 0) is 6.54 Å². The van der Waals surface area contributed by atoms with E-state index in [1.807, 2.05) is 24.3 Å². The molecule has 4 rings (SSSR count). The molecule has 0 spiro atoms. The molecule has 136 valence electrons. The average molecular weight is 364 g/mol. The number of hydrogen-bond donors (Lipinski definition) is 0. The molecule has 0 radical (unpaired) electrons. The minimum atomic E-state index is -0.433. The number of nitrogens with zero attached hydrogens (tertiary/aromatic N) is 4. The number of halogens is 1. The van der Waals surface area contributed by atoms with Crippen molar-refractivity contribution in [2.75, 3.05) is 0 Å². The van der Waals surface area contributed by atoms with Crippen LogP contribution in [0.2, 0.25) is 0 Å². The minimum Gasteiger partial charge on any atom is -0.337 e. The van der Waals surface area contributed by atoms with Crippen molar-refractivity contribution in [2.24, 2.45) is 0 Å². The minimum absolute atomic E-state index is 0.0935. The molecule has 0 amide bonds. The summed E-state index contributed by atoms with van der Waals surface area (Å²) >= 11 is 0. The molecule has 2 aromatic heterocycles. The first-order valence-electron chi connectivity index (χ1n) is 8.59. The summed E-state index contributed by atoms with van der Waals surface area (Å²) in [6, 6.07) is 11.9. The highest BCUT2D eigenvalue weighted by Crippen LogP contribution is 2.20. The third kappa shape index (κ3) is 3.36. The fourth-order valence-electron chi connectivity index (χ4n) is 2.84. The summed E-state index contributed by atoms with van der Waals surface area (Å²) in [5.41, 5.74) is 2.09. The fraction of sp³-hybridized carbons (Fsp3) is 0.200. The molecule has 27 heavy (non-hydrogen) atoms. The first-order chi connectivity index (χ1) is 13.0. The van der Waals surface area contributed by atoms with Crippen LogP contribution in [0.5, 0.6) is 0 Å². The van der Waals surface area contributed by atoms with Crippen molar-refractivity contribution in [1.82, 2.24) is 19.7 Å². The number of hydrogen-bond acceptors (Lipinski definition) is 5. The number of aromatic nitrogens is 4. The summed E-state index contributed by atoms with van der Waals surface area (Å²) in [6.45, 7) is 4.35. The molecular weight excluding hydrogens is 347 g/mol. The predicted molar refractivity (Wildman–Crippen MR) is 98.9 cm³/mol. The van der Waals surface area contributed by atoms with Crippen molar-refractivity contribution in [3.63, 3.8) is 0 Å². The molecule has 6 nitrogen and oxygen atoms in total. The van der Waals surface area contributed by atoms with Crippen LogP contribution in [0.15, 0.2) is 58.1 Å². The number of rotatable bonds is 4. The van der Waals surface area contributed by atoms with Gasteiger partial charge in [0, 0.05) is 11.6 Å². The molecule has 0 unspecified atom stereocenters. The maximum atomic E-state index is 13.3. The van der Waals surface area contributed by atoms with E-state index in [2.05, 4.69) is 29.0 Å². The van der Waals surface area contributed by atoms with Gasteiger partial charge in [-0.1, -0.05) is 43.3 Å². The quantitative estimate of drug-likeness (QED) is 0.551. The van der Waals surface area contributed by atoms with Crippen molar-refractivity contribution in [3.05, 3.63) is 76.4 Å². The zero-order valence-electron chi connectivity index (χ0n) is 14.9. The van der Waals surface area contributed by atoms with Gasteiger partial charge >= 0.3 is 0 Å². The topological polar surface area (TPSA) is 73.8 Å². The fourth-order valence-corrected chi connectivity index (χ4v) is 2.84. The van der Waals surface area contributed by atoms with E-state index in [-0.39, 0.29) is 12.1 Å². The summed E-state index contributed by atoms with van der Waals surface area (Å²) in [7, 11) is 0. The van der Waals surface area contributed by atoms with E-state index in [9.17, 15) is 9.18 Å². The van der Waals surface area contributed by atoms with Crippen molar-refractivity contribution in [1.29, 1.82) is 0 Å². The molecule has 2 heterocycles. The van der Waals surface area contributed by atoms with Gasteiger partial charge < -0.3 is 4.52 Å². The third-order valence-electron chi connectivity index (χ3n) is 4.40. The van der Waals surface area contributed by atoms with Crippen molar-refractivity contribution < 1.29 is 8.91 Å². The molecule has 2 aromatic carbocycles. The average Bonchev–Trinajstić information content (AvgIpc) is 3.12. The first kappa shape index (κ1) is 17.1. The van der Waals surface area contributed by atoms with Gasteiger partial charge in [0.15, 0.2) is 0 Å². The van der Waals surface area contributed by atoms with Gasteiger partial charge in [-0.3, -0.25) is 9.36 Å². The standard InChI is InChI=1S/C20H17FN4O2/c1-12(2)13-3-5-14(6-4-13)19-23-18(27-24-19)10-25-11-22-17-9-15(21)7-8-16(17)20(25)26/h3-9,11-12H,10H2,1-2H3. The van der Waals surface area contributed by atoms with Crippen LogP contribution in [0.3, 0.4) is 0 Å². The van der Waals surface area contributed by atoms with Crippen molar-refractivity contribution in [2.45, 2.75) is 26.3 Å². The Morgan fingerprint density at radius 3 is 2.67 bits per heavy atom. The van der Waals surface area contributed by atoms with Crippen LogP contribution >= 0.6 is 0 Å². The lowest BCUT2D eigenvalue weighted by atomic mass is 10.0. The Kier molecular flexibility index (Phi) is 4.27. The zero-order valence-corrected chi connectivity index (χ0v) is 14.9. The molecule has 0 N–H and O–H groups in total. The van der Waals surface area contributed by atoms with Gasteiger partial charge in [-0.15, -0.1) is 0 Å². The second-order valence-corrected chi connectivity index (χ2v) is 6.63. The third-order valence-corrected chi connectivity index (χ3v) is 4.40. The van der Waals surface area contributed by atoms with E-state index in [0.717, 1.165) is 5.56 Å². The second kappa shape index (κ2) is 6.75. The molecular formula is C20H17FN4O2. The summed E-state index contributed by atoms with van der Waals surface area (Å²) < 4.78 is 19.9. The maximum Gasteiger partial charge on any atom is 0.261 e. The highest BCUT2D eigenvalue weighted by molar-refractivity contribution is 5.77. The lowest BCUT2D eigenvalue weighted by Crippen LogP contribution is -2.21. The molecule has 0 atom stereocenters. The molecule has 0 aliphatic carbocycles. The molecule has 4 aromatic rings. The zero-order chi connectivity index (χ0) is 19.0. The van der Waals surface area contributed by atoms with Gasteiger partial charge in [0.25, 0.3) is 5.56 Å². The summed E-state index contributed by atoms with van der Waals surface area (Å²) in [4.78, 5) is 21.0. The smallest absolute Gasteiger partial charge is 0.261 e. The molecule has 0 fully saturated rings. The van der Waals surface area contributed by atoms with E-state index in [1.165, 1.54) is 34.7 Å². The number of benzene rings is 2. The lowest BCUT2D eigenvalue weighted by molar-refractivity contribution is 0.369. The predicted octanol–water partition coefficient (Wildman–Crippen LogP) is 3.76. The Hall–Kier alpha value is -3.35. The summed E-state index contributed by atoms with van der Waals surface area (Å²) in [5.74, 6) is 0.769. The summed E-state index contributed by atoms with van der Waals surface area (Å²) in [5, 5.41) is 4.33. The van der Waals surface area contributed by atoms with Crippen LogP contribution in [0.25, 0.3) is 22.3 Å². The van der Waals surface area contributed by atoms with Gasteiger partial charge in [0.05, 0.1) is 17.2 Å². The van der Waals surface area contributed by atoms with Crippen LogP contribution < -0.4 is 5.56 Å². The Morgan fingerprint density at radius 2 is 1.93 bits per heavy atom. The number of fused-ring (bicyclic) bond motifs is 1. The van der Waals surface area contributed by atoms with Gasteiger partial charge in [-0.05, 0) is 23.6 Å². The molecule has 0 bridgehead atoms. The maximum absolute atomic E-state index is 13.3. The second-order valence-electron chi connectivity index (χ2n) is 6.63. The van der Waals surface area contributed by atoms with E-state index in [0.29, 0.717) is 28.5 Å². The Morgan fingerprint density at radius 1 is 1.15 bits per heavy atom. The molecule has 7 heteroatoms. The molecule has 0 saturated heterocycles. The Balaban J connectivity index is 1.61. The van der Waals surface area contributed by atoms with E-state index >= 15 is 0 Å². The van der Waals surface area contributed by atoms with Crippen molar-refractivity contribution >= 4 is 10.9 Å². The van der Waals surface area contributed by atoms with Gasteiger partial charge in [-0.2, -0.15) is 4.98 Å². The first-order valence-corrected chi connectivity index (χ1v) is 8.59. The van der Waals surface area contributed by atoms with Gasteiger partial charge in [-0.25, -0.2) is 9.37 Å². The van der Waals surface area contributed by atoms with Crippen molar-refractivity contribution in [3.8, 4) is 11.4 Å². The molecule has 0 aliphatic rings. The van der Waals surface area contributed by atoms with Crippen LogP contribution in [-0.4, -0.2) is 19.7 Å². The SMILES string of the molecule is CC(C)c1ccc(-c2noc(Cn3cnc4cc(F)ccc4c3=O)n2)cc1. The Bertz CT molecular complexity index is 1160. The summed E-state index contributed by atoms with van der Waals surface area (Å²) in [6.07, 6.45) is 1.35. The highest BCUT2D eigenvalue weighted by atomic mass is 19.1. The molecule has 0 saturated carbocycles. The lowest BCUT2D eigenvalue weighted by Gasteiger charge is -2.04. The molecule has 0 aliphatic heterocycles. The van der Waals surface area contributed by atoms with Crippen LogP contribution in [0.1, 0.15) is 31.2 Å². The largest absolute Gasteiger partial charge is 0.337 e. The van der Waals surface area contributed by atoms with E-state index in [4.69, 9.17) is 4.52 Å². The van der Waals surface area contributed by atoms with Gasteiger partial charge in [0.2, 0.25) is 11.7 Å². The Labute approximate surface area is 154 Å². The van der Waals surface area contributed by atoms with E-state index in [1.54, 1.807) is 0 Å². The van der Waals surface area contributed by atoms with Crippen LogP contribution in [0, 0.1) is 5.82 Å².